The summed E-state index contributed by atoms with van der Waals surface area (Å²) in [6, 6.07) is 15.1. The summed E-state index contributed by atoms with van der Waals surface area (Å²) in [5.41, 5.74) is 0.793. The topological polar surface area (TPSA) is 52.6 Å². The van der Waals surface area contributed by atoms with Crippen LogP contribution in [0.1, 0.15) is 34.6 Å². The molecule has 2 aromatic carbocycles. The molecule has 4 heteroatoms. The number of hydrogen-bond donors (Lipinski definition) is 0. The first-order valence-corrected chi connectivity index (χ1v) is 7.10. The minimum absolute atomic E-state index is 0.282. The van der Waals surface area contributed by atoms with Crippen LogP contribution in [-0.4, -0.2) is 18.5 Å². The van der Waals surface area contributed by atoms with Crippen LogP contribution in [0, 0.1) is 5.92 Å². The van der Waals surface area contributed by atoms with E-state index < -0.39 is 11.9 Å². The quantitative estimate of drug-likeness (QED) is 0.623. The van der Waals surface area contributed by atoms with Crippen molar-refractivity contribution in [1.29, 1.82) is 0 Å². The van der Waals surface area contributed by atoms with Crippen molar-refractivity contribution >= 4 is 11.9 Å². The summed E-state index contributed by atoms with van der Waals surface area (Å²) in [5.74, 6) is -0.0954. The number of esters is 2. The van der Waals surface area contributed by atoms with Gasteiger partial charge in [-0.3, -0.25) is 0 Å². The van der Waals surface area contributed by atoms with Crippen LogP contribution in [-0.2, 0) is 4.74 Å². The first kappa shape index (κ1) is 15.8. The van der Waals surface area contributed by atoms with Crippen LogP contribution in [0.3, 0.4) is 0 Å². The molecule has 0 aliphatic heterocycles. The molecule has 114 valence electrons. The van der Waals surface area contributed by atoms with Crippen LogP contribution in [0.15, 0.2) is 54.6 Å². The van der Waals surface area contributed by atoms with Gasteiger partial charge in [0.25, 0.3) is 0 Å². The Morgan fingerprint density at radius 2 is 1.41 bits per heavy atom. The number of carbonyl (C=O) groups excluding carboxylic acids is 2. The third-order valence-electron chi connectivity index (χ3n) is 2.86. The second-order valence-corrected chi connectivity index (χ2v) is 5.27. The zero-order valence-electron chi connectivity index (χ0n) is 12.6. The van der Waals surface area contributed by atoms with Crippen molar-refractivity contribution in [3.63, 3.8) is 0 Å². The molecular formula is C18H18O4. The lowest BCUT2D eigenvalue weighted by Gasteiger charge is -2.08. The SMILES string of the molecule is CC(C)COC(=O)c1ccc(C(=O)Oc2ccccc2)cc1. The summed E-state index contributed by atoms with van der Waals surface area (Å²) in [7, 11) is 0. The Kier molecular flexibility index (Phi) is 5.31. The molecule has 0 aliphatic rings. The van der Waals surface area contributed by atoms with E-state index in [2.05, 4.69) is 0 Å². The Balaban J connectivity index is 1.99. The maximum Gasteiger partial charge on any atom is 0.343 e. The minimum Gasteiger partial charge on any atom is -0.462 e. The number of benzene rings is 2. The van der Waals surface area contributed by atoms with Gasteiger partial charge in [-0.2, -0.15) is 0 Å². The van der Waals surface area contributed by atoms with Crippen molar-refractivity contribution in [2.24, 2.45) is 5.92 Å². The third kappa shape index (κ3) is 4.45. The van der Waals surface area contributed by atoms with Gasteiger partial charge in [0, 0.05) is 0 Å². The van der Waals surface area contributed by atoms with E-state index >= 15 is 0 Å². The Labute approximate surface area is 129 Å². The standard InChI is InChI=1S/C18H18O4/c1-13(2)12-21-17(19)14-8-10-15(11-9-14)18(20)22-16-6-4-3-5-7-16/h3-11,13H,12H2,1-2H3. The molecule has 0 bridgehead atoms. The van der Waals surface area contributed by atoms with Gasteiger partial charge in [-0.05, 0) is 42.3 Å². The molecule has 0 spiro atoms. The number of hydrogen-bond acceptors (Lipinski definition) is 4. The van der Waals surface area contributed by atoms with Crippen LogP contribution in [0.2, 0.25) is 0 Å². The monoisotopic (exact) mass is 298 g/mol. The van der Waals surface area contributed by atoms with Gasteiger partial charge in [-0.15, -0.1) is 0 Å². The number of para-hydroxylation sites is 1. The fourth-order valence-electron chi connectivity index (χ4n) is 1.72. The first-order chi connectivity index (χ1) is 10.6. The minimum atomic E-state index is -0.465. The molecule has 0 unspecified atom stereocenters. The van der Waals surface area contributed by atoms with Crippen molar-refractivity contribution < 1.29 is 19.1 Å². The molecule has 2 aromatic rings. The van der Waals surface area contributed by atoms with Crippen molar-refractivity contribution in [2.75, 3.05) is 6.61 Å². The molecule has 0 aliphatic carbocycles. The molecule has 2 rings (SSSR count). The fraction of sp³-hybridized carbons (Fsp3) is 0.222. The van der Waals surface area contributed by atoms with Gasteiger partial charge in [0.15, 0.2) is 0 Å². The van der Waals surface area contributed by atoms with Crippen LogP contribution in [0.5, 0.6) is 5.75 Å². The van der Waals surface area contributed by atoms with E-state index in [1.54, 1.807) is 48.5 Å². The van der Waals surface area contributed by atoms with Gasteiger partial charge in [-0.1, -0.05) is 32.0 Å². The maximum absolute atomic E-state index is 12.0. The molecule has 0 atom stereocenters. The van der Waals surface area contributed by atoms with Gasteiger partial charge >= 0.3 is 11.9 Å². The van der Waals surface area contributed by atoms with E-state index in [4.69, 9.17) is 9.47 Å². The zero-order chi connectivity index (χ0) is 15.9. The molecule has 0 aromatic heterocycles. The molecule has 22 heavy (non-hydrogen) atoms. The normalized spacial score (nSPS) is 10.3. The second kappa shape index (κ2) is 7.41. The molecule has 0 heterocycles. The predicted molar refractivity (Wildman–Crippen MR) is 83.0 cm³/mol. The van der Waals surface area contributed by atoms with Gasteiger partial charge in [0.1, 0.15) is 5.75 Å². The van der Waals surface area contributed by atoms with Gasteiger partial charge < -0.3 is 9.47 Å². The van der Waals surface area contributed by atoms with Crippen molar-refractivity contribution in [2.45, 2.75) is 13.8 Å². The molecule has 0 fully saturated rings. The highest BCUT2D eigenvalue weighted by Gasteiger charge is 2.12. The molecule has 0 amide bonds. The summed E-state index contributed by atoms with van der Waals surface area (Å²) in [5, 5.41) is 0. The number of rotatable bonds is 5. The highest BCUT2D eigenvalue weighted by molar-refractivity contribution is 5.94. The second-order valence-electron chi connectivity index (χ2n) is 5.27. The van der Waals surface area contributed by atoms with Gasteiger partial charge in [0.2, 0.25) is 0 Å². The summed E-state index contributed by atoms with van der Waals surface area (Å²) < 4.78 is 10.4. The summed E-state index contributed by atoms with van der Waals surface area (Å²) in [6.07, 6.45) is 0. The largest absolute Gasteiger partial charge is 0.462 e. The fourth-order valence-corrected chi connectivity index (χ4v) is 1.72. The highest BCUT2D eigenvalue weighted by atomic mass is 16.5. The molecule has 0 radical (unpaired) electrons. The molecule has 4 nitrogen and oxygen atoms in total. The van der Waals surface area contributed by atoms with E-state index in [1.807, 2.05) is 19.9 Å². The molecule has 0 N–H and O–H groups in total. The van der Waals surface area contributed by atoms with Crippen molar-refractivity contribution in [1.82, 2.24) is 0 Å². The highest BCUT2D eigenvalue weighted by Crippen LogP contribution is 2.13. The molecule has 0 saturated carbocycles. The average molecular weight is 298 g/mol. The lowest BCUT2D eigenvalue weighted by molar-refractivity contribution is 0.0458. The lowest BCUT2D eigenvalue weighted by atomic mass is 10.1. The van der Waals surface area contributed by atoms with Crippen molar-refractivity contribution in [3.05, 3.63) is 65.7 Å². The van der Waals surface area contributed by atoms with Gasteiger partial charge in [-0.25, -0.2) is 9.59 Å². The Hall–Kier alpha value is -2.62. The number of carbonyl (C=O) groups is 2. The lowest BCUT2D eigenvalue weighted by Crippen LogP contribution is -2.11. The van der Waals surface area contributed by atoms with Crippen LogP contribution < -0.4 is 4.74 Å². The average Bonchev–Trinajstić information content (AvgIpc) is 2.53. The van der Waals surface area contributed by atoms with E-state index in [9.17, 15) is 9.59 Å². The predicted octanol–water partition coefficient (Wildman–Crippen LogP) is 3.72. The summed E-state index contributed by atoms with van der Waals surface area (Å²) in [6.45, 7) is 4.31. The first-order valence-electron chi connectivity index (χ1n) is 7.10. The van der Waals surface area contributed by atoms with E-state index in [1.165, 1.54) is 0 Å². The van der Waals surface area contributed by atoms with Crippen LogP contribution in [0.25, 0.3) is 0 Å². The van der Waals surface area contributed by atoms with E-state index in [-0.39, 0.29) is 5.92 Å². The van der Waals surface area contributed by atoms with E-state index in [0.717, 1.165) is 0 Å². The number of ether oxygens (including phenoxy) is 2. The molecule has 0 saturated heterocycles. The smallest absolute Gasteiger partial charge is 0.343 e. The maximum atomic E-state index is 12.0. The Morgan fingerprint density at radius 1 is 0.864 bits per heavy atom. The van der Waals surface area contributed by atoms with Crippen LogP contribution >= 0.6 is 0 Å². The van der Waals surface area contributed by atoms with Crippen molar-refractivity contribution in [3.8, 4) is 5.75 Å². The van der Waals surface area contributed by atoms with E-state index in [0.29, 0.717) is 23.5 Å². The Bertz CT molecular complexity index is 630. The van der Waals surface area contributed by atoms with Crippen LogP contribution in [0.4, 0.5) is 0 Å². The zero-order valence-corrected chi connectivity index (χ0v) is 12.6. The summed E-state index contributed by atoms with van der Waals surface area (Å²) in [4.78, 5) is 23.8. The van der Waals surface area contributed by atoms with Gasteiger partial charge in [0.05, 0.1) is 17.7 Å². The Morgan fingerprint density at radius 3 is 1.95 bits per heavy atom. The summed E-state index contributed by atoms with van der Waals surface area (Å²) >= 11 is 0. The third-order valence-corrected chi connectivity index (χ3v) is 2.86. The molecular weight excluding hydrogens is 280 g/mol.